The smallest absolute Gasteiger partial charge is 0.327 e. The first-order valence-corrected chi connectivity index (χ1v) is 3.96. The first-order valence-electron chi connectivity index (χ1n) is 3.96. The molecule has 0 unspecified atom stereocenters. The van der Waals surface area contributed by atoms with Gasteiger partial charge in [-0.2, -0.15) is 5.10 Å². The number of nitrogens with two attached hydrogens (primary N) is 1. The molecule has 0 saturated carbocycles. The van der Waals surface area contributed by atoms with E-state index in [9.17, 15) is 4.79 Å². The Labute approximate surface area is 77.7 Å². The molecule has 0 aliphatic rings. The molecule has 13 heavy (non-hydrogen) atoms. The van der Waals surface area contributed by atoms with Crippen LogP contribution in [0.25, 0.3) is 0 Å². The van der Waals surface area contributed by atoms with E-state index in [1.54, 1.807) is 0 Å². The number of carbonyl (C=O) groups is 1. The van der Waals surface area contributed by atoms with E-state index in [1.807, 2.05) is 13.8 Å². The van der Waals surface area contributed by atoms with Gasteiger partial charge in [0, 0.05) is 6.21 Å². The summed E-state index contributed by atoms with van der Waals surface area (Å²) in [5, 5.41) is 3.53. The third-order valence-corrected chi connectivity index (χ3v) is 1.41. The van der Waals surface area contributed by atoms with Crippen LogP contribution in [0.15, 0.2) is 10.1 Å². The van der Waals surface area contributed by atoms with Crippen LogP contribution >= 0.6 is 0 Å². The highest BCUT2D eigenvalue weighted by Gasteiger charge is 2.01. The zero-order chi connectivity index (χ0) is 10.3. The van der Waals surface area contributed by atoms with E-state index >= 15 is 0 Å². The third-order valence-electron chi connectivity index (χ3n) is 1.41. The molecule has 0 aromatic heterocycles. The molecule has 2 N–H and O–H groups in total. The summed E-state index contributed by atoms with van der Waals surface area (Å²) in [6.07, 6.45) is 1.49. The molecule has 0 aliphatic carbocycles. The average molecular weight is 185 g/mol. The van der Waals surface area contributed by atoms with Gasteiger partial charge in [-0.05, 0) is 5.92 Å². The van der Waals surface area contributed by atoms with Gasteiger partial charge < -0.3 is 10.6 Å². The molecular weight excluding hydrogens is 170 g/mol. The van der Waals surface area contributed by atoms with Crippen LogP contribution in [0, 0.1) is 5.92 Å². The second-order valence-electron chi connectivity index (χ2n) is 2.75. The van der Waals surface area contributed by atoms with E-state index in [1.165, 1.54) is 13.3 Å². The van der Waals surface area contributed by atoms with Crippen LogP contribution < -0.4 is 5.84 Å². The summed E-state index contributed by atoms with van der Waals surface area (Å²) in [5.41, 5.74) is 0.656. The number of aliphatic imine (C=N–C) groups is 1. The summed E-state index contributed by atoms with van der Waals surface area (Å²) in [5.74, 6) is 4.93. The minimum Gasteiger partial charge on any atom is -0.468 e. The van der Waals surface area contributed by atoms with Crippen molar-refractivity contribution in [2.45, 2.75) is 13.8 Å². The minimum absolute atomic E-state index is 0.00222. The van der Waals surface area contributed by atoms with Crippen molar-refractivity contribution in [1.82, 2.24) is 0 Å². The van der Waals surface area contributed by atoms with Crippen LogP contribution in [-0.2, 0) is 9.53 Å². The molecule has 5 heteroatoms. The van der Waals surface area contributed by atoms with Crippen LogP contribution in [0.4, 0.5) is 0 Å². The topological polar surface area (TPSA) is 77.0 Å². The number of hydrogen-bond acceptors (Lipinski definition) is 5. The standard InChI is InChI=1S/C8H15N3O2/c1-6(2)7(11-9)4-10-5-8(12)13-3/h4,6H,5,9H2,1-3H3/b10-4?,11-7+. The molecule has 0 amide bonds. The Morgan fingerprint density at radius 3 is 2.62 bits per heavy atom. The van der Waals surface area contributed by atoms with Gasteiger partial charge in [0.15, 0.2) is 0 Å². The lowest BCUT2D eigenvalue weighted by Crippen LogP contribution is -2.13. The Morgan fingerprint density at radius 2 is 2.23 bits per heavy atom. The summed E-state index contributed by atoms with van der Waals surface area (Å²) >= 11 is 0. The number of ether oxygens (including phenoxy) is 1. The highest BCUT2D eigenvalue weighted by atomic mass is 16.5. The quantitative estimate of drug-likeness (QED) is 0.294. The predicted molar refractivity (Wildman–Crippen MR) is 51.8 cm³/mol. The molecule has 0 radical (unpaired) electrons. The van der Waals surface area contributed by atoms with Gasteiger partial charge in [-0.3, -0.25) is 9.79 Å². The van der Waals surface area contributed by atoms with Gasteiger partial charge in [-0.15, -0.1) is 0 Å². The molecule has 0 aromatic rings. The minimum atomic E-state index is -0.378. The van der Waals surface area contributed by atoms with Crippen LogP contribution in [0.5, 0.6) is 0 Å². The maximum Gasteiger partial charge on any atom is 0.327 e. The fourth-order valence-electron chi connectivity index (χ4n) is 0.610. The Morgan fingerprint density at radius 1 is 1.62 bits per heavy atom. The van der Waals surface area contributed by atoms with Gasteiger partial charge in [0.25, 0.3) is 0 Å². The van der Waals surface area contributed by atoms with Crippen molar-refractivity contribution in [3.63, 3.8) is 0 Å². The highest BCUT2D eigenvalue weighted by molar-refractivity contribution is 6.31. The molecule has 0 bridgehead atoms. The van der Waals surface area contributed by atoms with Gasteiger partial charge >= 0.3 is 5.97 Å². The zero-order valence-corrected chi connectivity index (χ0v) is 8.15. The van der Waals surface area contributed by atoms with E-state index in [2.05, 4.69) is 14.8 Å². The summed E-state index contributed by atoms with van der Waals surface area (Å²) in [6.45, 7) is 3.88. The number of carbonyl (C=O) groups excluding carboxylic acids is 1. The molecular formula is C8H15N3O2. The third kappa shape index (κ3) is 4.95. The Hall–Kier alpha value is -1.39. The number of hydrazone groups is 1. The summed E-state index contributed by atoms with van der Waals surface area (Å²) in [4.78, 5) is 14.5. The Kier molecular flexibility index (Phi) is 5.50. The zero-order valence-electron chi connectivity index (χ0n) is 8.15. The van der Waals surface area contributed by atoms with Crippen molar-refractivity contribution in [2.75, 3.05) is 13.7 Å². The summed E-state index contributed by atoms with van der Waals surface area (Å²) in [6, 6.07) is 0. The second kappa shape index (κ2) is 6.16. The fourth-order valence-corrected chi connectivity index (χ4v) is 0.610. The van der Waals surface area contributed by atoms with Crippen molar-refractivity contribution in [3.8, 4) is 0 Å². The van der Waals surface area contributed by atoms with Crippen LogP contribution in [0.1, 0.15) is 13.8 Å². The molecule has 74 valence electrons. The molecule has 0 saturated heterocycles. The summed E-state index contributed by atoms with van der Waals surface area (Å²) < 4.78 is 4.40. The van der Waals surface area contributed by atoms with Crippen molar-refractivity contribution >= 4 is 17.9 Å². The maximum atomic E-state index is 10.6. The number of esters is 1. The first-order chi connectivity index (χ1) is 6.11. The number of rotatable bonds is 4. The molecule has 5 nitrogen and oxygen atoms in total. The molecule has 0 aromatic carbocycles. The largest absolute Gasteiger partial charge is 0.468 e. The van der Waals surface area contributed by atoms with Crippen molar-refractivity contribution in [1.29, 1.82) is 0 Å². The van der Waals surface area contributed by atoms with Gasteiger partial charge in [0.2, 0.25) is 0 Å². The van der Waals surface area contributed by atoms with E-state index in [0.717, 1.165) is 0 Å². The number of nitrogens with zero attached hydrogens (tertiary/aromatic N) is 2. The molecule has 0 spiro atoms. The lowest BCUT2D eigenvalue weighted by Gasteiger charge is -2.01. The SMILES string of the molecule is COC(=O)CN=C/C(=N\N)C(C)C. The van der Waals surface area contributed by atoms with Crippen LogP contribution in [0.2, 0.25) is 0 Å². The number of methoxy groups -OCH3 is 1. The molecule has 0 heterocycles. The highest BCUT2D eigenvalue weighted by Crippen LogP contribution is 1.93. The predicted octanol–water partition coefficient (Wildman–Crippen LogP) is 0.201. The molecule has 0 fully saturated rings. The van der Waals surface area contributed by atoms with Gasteiger partial charge in [-0.1, -0.05) is 13.8 Å². The Balaban J connectivity index is 4.03. The monoisotopic (exact) mass is 185 g/mol. The maximum absolute atomic E-state index is 10.6. The van der Waals surface area contributed by atoms with E-state index in [0.29, 0.717) is 5.71 Å². The normalized spacial score (nSPS) is 12.5. The van der Waals surface area contributed by atoms with E-state index in [4.69, 9.17) is 5.84 Å². The number of hydrogen-bond donors (Lipinski definition) is 1. The summed E-state index contributed by atoms with van der Waals surface area (Å²) in [7, 11) is 1.32. The lowest BCUT2D eigenvalue weighted by atomic mass is 10.1. The lowest BCUT2D eigenvalue weighted by molar-refractivity contribution is -0.138. The Bertz CT molecular complexity index is 221. The van der Waals surface area contributed by atoms with E-state index in [-0.39, 0.29) is 18.4 Å². The molecule has 0 atom stereocenters. The average Bonchev–Trinajstić information content (AvgIpc) is 2.11. The van der Waals surface area contributed by atoms with Gasteiger partial charge in [0.1, 0.15) is 6.54 Å². The fraction of sp³-hybridized carbons (Fsp3) is 0.625. The van der Waals surface area contributed by atoms with Gasteiger partial charge in [-0.25, -0.2) is 0 Å². The molecule has 0 rings (SSSR count). The van der Waals surface area contributed by atoms with Crippen LogP contribution in [-0.4, -0.2) is 31.6 Å². The van der Waals surface area contributed by atoms with Crippen molar-refractivity contribution < 1.29 is 9.53 Å². The first kappa shape index (κ1) is 11.6. The second-order valence-corrected chi connectivity index (χ2v) is 2.75. The molecule has 0 aliphatic heterocycles. The van der Waals surface area contributed by atoms with Crippen molar-refractivity contribution in [2.24, 2.45) is 21.9 Å². The van der Waals surface area contributed by atoms with E-state index < -0.39 is 0 Å². The van der Waals surface area contributed by atoms with Gasteiger partial charge in [0.05, 0.1) is 12.8 Å². The van der Waals surface area contributed by atoms with Crippen LogP contribution in [0.3, 0.4) is 0 Å². The van der Waals surface area contributed by atoms with Crippen molar-refractivity contribution in [3.05, 3.63) is 0 Å².